The van der Waals surface area contributed by atoms with E-state index in [-0.39, 0.29) is 24.9 Å². The quantitative estimate of drug-likeness (QED) is 0.603. The summed E-state index contributed by atoms with van der Waals surface area (Å²) in [5, 5.41) is 5.87. The third-order valence-electron chi connectivity index (χ3n) is 2.34. The molecule has 0 saturated heterocycles. The second-order valence-corrected chi connectivity index (χ2v) is 3.86. The van der Waals surface area contributed by atoms with Gasteiger partial charge in [-0.1, -0.05) is 19.1 Å². The van der Waals surface area contributed by atoms with Crippen LogP contribution in [0.25, 0.3) is 0 Å². The number of nitrogens with two attached hydrogens (primary N) is 1. The van der Waals surface area contributed by atoms with E-state index < -0.39 is 5.91 Å². The molecule has 1 aromatic rings. The minimum Gasteiger partial charge on any atom is -0.483 e. The van der Waals surface area contributed by atoms with Gasteiger partial charge in [-0.15, -0.1) is 12.4 Å². The van der Waals surface area contributed by atoms with Gasteiger partial charge in [-0.25, -0.2) is 0 Å². The van der Waals surface area contributed by atoms with Crippen LogP contribution >= 0.6 is 12.4 Å². The number of hydrogen-bond donors (Lipinski definition) is 3. The van der Waals surface area contributed by atoms with Gasteiger partial charge in [0.1, 0.15) is 5.75 Å². The average Bonchev–Trinajstić information content (AvgIpc) is 2.41. The second kappa shape index (κ2) is 10.1. The van der Waals surface area contributed by atoms with Crippen molar-refractivity contribution in [3.63, 3.8) is 0 Å². The lowest BCUT2D eigenvalue weighted by Crippen LogP contribution is -2.32. The lowest BCUT2D eigenvalue weighted by molar-refractivity contribution is -0.119. The monoisotopic (exact) mass is 301 g/mol. The van der Waals surface area contributed by atoms with E-state index in [1.807, 2.05) is 6.92 Å². The summed E-state index contributed by atoms with van der Waals surface area (Å²) in [4.78, 5) is 22.6. The van der Waals surface area contributed by atoms with Gasteiger partial charge in [-0.2, -0.15) is 0 Å². The van der Waals surface area contributed by atoms with E-state index in [1.165, 1.54) is 0 Å². The zero-order valence-corrected chi connectivity index (χ0v) is 12.2. The van der Waals surface area contributed by atoms with Gasteiger partial charge in [0.25, 0.3) is 11.8 Å². The van der Waals surface area contributed by atoms with E-state index in [2.05, 4.69) is 10.6 Å². The first-order valence-electron chi connectivity index (χ1n) is 6.14. The third kappa shape index (κ3) is 6.40. The molecule has 0 radical (unpaired) electrons. The van der Waals surface area contributed by atoms with Crippen LogP contribution in [0.1, 0.15) is 17.3 Å². The van der Waals surface area contributed by atoms with Gasteiger partial charge >= 0.3 is 0 Å². The number of nitrogens with one attached hydrogen (secondary N) is 2. The predicted octanol–water partition coefficient (Wildman–Crippen LogP) is 0.312. The van der Waals surface area contributed by atoms with Crippen LogP contribution < -0.4 is 21.1 Å². The summed E-state index contributed by atoms with van der Waals surface area (Å²) in [5.74, 6) is -0.470. The fourth-order valence-electron chi connectivity index (χ4n) is 1.47. The maximum absolute atomic E-state index is 11.9. The number of ether oxygens (including phenoxy) is 1. The zero-order valence-electron chi connectivity index (χ0n) is 11.3. The van der Waals surface area contributed by atoms with Crippen molar-refractivity contribution < 1.29 is 14.3 Å². The lowest BCUT2D eigenvalue weighted by Gasteiger charge is -2.10. The molecule has 0 fully saturated rings. The first-order chi connectivity index (χ1) is 9.15. The summed E-state index contributed by atoms with van der Waals surface area (Å²) in [6.07, 6.45) is 0. The average molecular weight is 302 g/mol. The van der Waals surface area contributed by atoms with Crippen LogP contribution in [0.3, 0.4) is 0 Å². The number of carbonyl (C=O) groups excluding carboxylic acids is 2. The molecule has 20 heavy (non-hydrogen) atoms. The number of amides is 2. The molecule has 7 heteroatoms. The van der Waals surface area contributed by atoms with Gasteiger partial charge in [0.2, 0.25) is 0 Å². The summed E-state index contributed by atoms with van der Waals surface area (Å²) in [6.45, 7) is 3.83. The number of benzene rings is 1. The van der Waals surface area contributed by atoms with E-state index >= 15 is 0 Å². The number of para-hydroxylation sites is 1. The number of hydrogen-bond acceptors (Lipinski definition) is 4. The van der Waals surface area contributed by atoms with E-state index in [9.17, 15) is 9.59 Å². The van der Waals surface area contributed by atoms with Crippen molar-refractivity contribution in [3.05, 3.63) is 29.8 Å². The Labute approximate surface area is 124 Å². The molecule has 4 N–H and O–H groups in total. The Morgan fingerprint density at radius 2 is 1.95 bits per heavy atom. The van der Waals surface area contributed by atoms with Crippen LogP contribution in [0.4, 0.5) is 0 Å². The normalized spacial score (nSPS) is 9.45. The van der Waals surface area contributed by atoms with Gasteiger partial charge in [0.05, 0.1) is 5.56 Å². The summed E-state index contributed by atoms with van der Waals surface area (Å²) >= 11 is 0. The maximum atomic E-state index is 11.9. The van der Waals surface area contributed by atoms with E-state index in [1.54, 1.807) is 24.3 Å². The maximum Gasteiger partial charge on any atom is 0.255 e. The SMILES string of the molecule is CCNCCNC(=O)c1ccccc1OCC(N)=O.Cl. The molecule has 6 nitrogen and oxygen atoms in total. The van der Waals surface area contributed by atoms with E-state index in [0.717, 1.165) is 6.54 Å². The highest BCUT2D eigenvalue weighted by Crippen LogP contribution is 2.17. The molecular weight excluding hydrogens is 282 g/mol. The predicted molar refractivity (Wildman–Crippen MR) is 79.3 cm³/mol. The van der Waals surface area contributed by atoms with Gasteiger partial charge in [-0.05, 0) is 18.7 Å². The number of halogens is 1. The van der Waals surface area contributed by atoms with Gasteiger partial charge in [-0.3, -0.25) is 9.59 Å². The fourth-order valence-corrected chi connectivity index (χ4v) is 1.47. The number of rotatable bonds is 8. The Bertz CT molecular complexity index is 441. The first-order valence-corrected chi connectivity index (χ1v) is 6.14. The molecule has 0 unspecified atom stereocenters. The highest BCUT2D eigenvalue weighted by molar-refractivity contribution is 5.97. The molecule has 0 bridgehead atoms. The minimum atomic E-state index is -0.581. The largest absolute Gasteiger partial charge is 0.483 e. The first kappa shape index (κ1) is 18.2. The van der Waals surface area contributed by atoms with Crippen molar-refractivity contribution in [2.75, 3.05) is 26.2 Å². The van der Waals surface area contributed by atoms with Crippen molar-refractivity contribution in [1.82, 2.24) is 10.6 Å². The van der Waals surface area contributed by atoms with Crippen molar-refractivity contribution in [1.29, 1.82) is 0 Å². The molecule has 2 amide bonds. The van der Waals surface area contributed by atoms with Crippen LogP contribution in [0.5, 0.6) is 5.75 Å². The molecule has 0 atom stereocenters. The highest BCUT2D eigenvalue weighted by Gasteiger charge is 2.11. The van der Waals surface area contributed by atoms with Crippen molar-refractivity contribution >= 4 is 24.2 Å². The zero-order chi connectivity index (χ0) is 14.1. The van der Waals surface area contributed by atoms with Gasteiger partial charge in [0, 0.05) is 13.1 Å². The smallest absolute Gasteiger partial charge is 0.255 e. The molecule has 0 saturated carbocycles. The fraction of sp³-hybridized carbons (Fsp3) is 0.385. The molecule has 0 aromatic heterocycles. The Balaban J connectivity index is 0.00000361. The van der Waals surface area contributed by atoms with Crippen LogP contribution in [-0.2, 0) is 4.79 Å². The highest BCUT2D eigenvalue weighted by atomic mass is 35.5. The molecule has 0 heterocycles. The molecule has 0 aliphatic heterocycles. The summed E-state index contributed by atoms with van der Waals surface area (Å²) in [5.41, 5.74) is 5.40. The molecular formula is C13H20ClN3O3. The van der Waals surface area contributed by atoms with Crippen LogP contribution in [0.15, 0.2) is 24.3 Å². The topological polar surface area (TPSA) is 93.4 Å². The minimum absolute atomic E-state index is 0. The molecule has 112 valence electrons. The van der Waals surface area contributed by atoms with E-state index in [0.29, 0.717) is 24.4 Å². The second-order valence-electron chi connectivity index (χ2n) is 3.86. The summed E-state index contributed by atoms with van der Waals surface area (Å²) in [7, 11) is 0. The van der Waals surface area contributed by atoms with Crippen molar-refractivity contribution in [3.8, 4) is 5.75 Å². The Morgan fingerprint density at radius 1 is 1.25 bits per heavy atom. The van der Waals surface area contributed by atoms with Crippen molar-refractivity contribution in [2.24, 2.45) is 5.73 Å². The van der Waals surface area contributed by atoms with Crippen molar-refractivity contribution in [2.45, 2.75) is 6.92 Å². The van der Waals surface area contributed by atoms with Crippen LogP contribution in [0.2, 0.25) is 0 Å². The van der Waals surface area contributed by atoms with Crippen LogP contribution in [0, 0.1) is 0 Å². The number of carbonyl (C=O) groups is 2. The Hall–Kier alpha value is -1.79. The lowest BCUT2D eigenvalue weighted by atomic mass is 10.2. The molecule has 0 aliphatic rings. The molecule has 0 aliphatic carbocycles. The summed E-state index contributed by atoms with van der Waals surface area (Å²) in [6, 6.07) is 6.73. The van der Waals surface area contributed by atoms with Gasteiger partial charge in [0.15, 0.2) is 6.61 Å². The molecule has 1 rings (SSSR count). The third-order valence-corrected chi connectivity index (χ3v) is 2.34. The Morgan fingerprint density at radius 3 is 2.60 bits per heavy atom. The number of primary amides is 1. The number of likely N-dealkylation sites (N-methyl/N-ethyl adjacent to an activating group) is 1. The molecule has 1 aromatic carbocycles. The van der Waals surface area contributed by atoms with Crippen LogP contribution in [-0.4, -0.2) is 38.1 Å². The Kier molecular flexibility index (Phi) is 9.15. The summed E-state index contributed by atoms with van der Waals surface area (Å²) < 4.78 is 5.20. The van der Waals surface area contributed by atoms with E-state index in [4.69, 9.17) is 10.5 Å². The molecule has 0 spiro atoms. The van der Waals surface area contributed by atoms with Gasteiger partial charge < -0.3 is 21.1 Å². The standard InChI is InChI=1S/C13H19N3O3.ClH/c1-2-15-7-8-16-13(18)10-5-3-4-6-11(10)19-9-12(14)17;/h3-6,15H,2,7-9H2,1H3,(H2,14,17)(H,16,18);1H.